The zero-order chi connectivity index (χ0) is 9.52. The Morgan fingerprint density at radius 3 is 2.69 bits per heavy atom. The predicted molar refractivity (Wildman–Crippen MR) is 51.3 cm³/mol. The van der Waals surface area contributed by atoms with E-state index in [-0.39, 0.29) is 5.78 Å². The average molecular weight is 176 g/mol. The van der Waals surface area contributed by atoms with Crippen LogP contribution in [-0.4, -0.2) is 12.9 Å². The van der Waals surface area contributed by atoms with Gasteiger partial charge in [0.15, 0.2) is 5.78 Å². The van der Waals surface area contributed by atoms with Crippen LogP contribution in [0.25, 0.3) is 0 Å². The zero-order valence-electron chi connectivity index (χ0n) is 7.57. The van der Waals surface area contributed by atoms with Gasteiger partial charge in [-0.15, -0.1) is 0 Å². The molecule has 0 saturated carbocycles. The normalized spacial score (nSPS) is 10.2. The van der Waals surface area contributed by atoms with Crippen LogP contribution in [0, 0.1) is 0 Å². The first-order chi connectivity index (χ1) is 6.33. The molecule has 0 aliphatic carbocycles. The third-order valence-corrected chi connectivity index (χ3v) is 1.61. The van der Waals surface area contributed by atoms with Crippen molar-refractivity contribution in [3.8, 4) is 0 Å². The number of methoxy groups -OCH3 is 1. The lowest BCUT2D eigenvalue weighted by atomic mass is 10.1. The van der Waals surface area contributed by atoms with E-state index in [0.717, 1.165) is 5.56 Å². The van der Waals surface area contributed by atoms with Crippen LogP contribution >= 0.6 is 0 Å². The van der Waals surface area contributed by atoms with Crippen LogP contribution in [0.2, 0.25) is 0 Å². The van der Waals surface area contributed by atoms with Crippen molar-refractivity contribution < 1.29 is 9.53 Å². The molecule has 2 heteroatoms. The molecule has 0 N–H and O–H groups in total. The molecule has 1 aromatic carbocycles. The SMILES string of the molecule is CO/C=C/C(=O)Cc1ccccc1. The van der Waals surface area contributed by atoms with Crippen molar-refractivity contribution >= 4 is 5.78 Å². The number of ether oxygens (including phenoxy) is 1. The number of rotatable bonds is 4. The van der Waals surface area contributed by atoms with Crippen molar-refractivity contribution in [1.82, 2.24) is 0 Å². The Hall–Kier alpha value is -1.57. The summed E-state index contributed by atoms with van der Waals surface area (Å²) in [4.78, 5) is 11.2. The molecule has 13 heavy (non-hydrogen) atoms. The Morgan fingerprint density at radius 2 is 2.08 bits per heavy atom. The monoisotopic (exact) mass is 176 g/mol. The lowest BCUT2D eigenvalue weighted by molar-refractivity contribution is -0.114. The molecule has 0 aliphatic rings. The fourth-order valence-electron chi connectivity index (χ4n) is 1.000. The van der Waals surface area contributed by atoms with Crippen molar-refractivity contribution in [1.29, 1.82) is 0 Å². The Balaban J connectivity index is 2.50. The smallest absolute Gasteiger partial charge is 0.163 e. The van der Waals surface area contributed by atoms with E-state index in [1.165, 1.54) is 19.4 Å². The minimum absolute atomic E-state index is 0.0491. The number of hydrogen-bond donors (Lipinski definition) is 0. The van der Waals surface area contributed by atoms with E-state index in [1.807, 2.05) is 30.3 Å². The van der Waals surface area contributed by atoms with E-state index in [2.05, 4.69) is 4.74 Å². The summed E-state index contributed by atoms with van der Waals surface area (Å²) < 4.78 is 4.65. The fourth-order valence-corrected chi connectivity index (χ4v) is 1.000. The third kappa shape index (κ3) is 3.56. The van der Waals surface area contributed by atoms with Crippen LogP contribution in [0.4, 0.5) is 0 Å². The van der Waals surface area contributed by atoms with Gasteiger partial charge in [0, 0.05) is 12.5 Å². The second-order valence-electron chi connectivity index (χ2n) is 2.67. The lowest BCUT2D eigenvalue weighted by Gasteiger charge is -1.95. The maximum absolute atomic E-state index is 11.2. The molecule has 0 radical (unpaired) electrons. The van der Waals surface area contributed by atoms with Gasteiger partial charge in [-0.05, 0) is 5.56 Å². The molecule has 1 aromatic rings. The van der Waals surface area contributed by atoms with E-state index in [9.17, 15) is 4.79 Å². The molecule has 0 heterocycles. The van der Waals surface area contributed by atoms with Crippen LogP contribution < -0.4 is 0 Å². The first-order valence-corrected chi connectivity index (χ1v) is 4.09. The topological polar surface area (TPSA) is 26.3 Å². The van der Waals surface area contributed by atoms with Crippen molar-refractivity contribution in [2.75, 3.05) is 7.11 Å². The molecule has 0 spiro atoms. The number of benzene rings is 1. The molecule has 0 saturated heterocycles. The number of carbonyl (C=O) groups is 1. The minimum Gasteiger partial charge on any atom is -0.504 e. The summed E-state index contributed by atoms with van der Waals surface area (Å²) in [6.45, 7) is 0. The second-order valence-corrected chi connectivity index (χ2v) is 2.67. The maximum atomic E-state index is 11.2. The molecule has 2 nitrogen and oxygen atoms in total. The lowest BCUT2D eigenvalue weighted by Crippen LogP contribution is -1.97. The Labute approximate surface area is 77.8 Å². The molecule has 0 unspecified atom stereocenters. The molecule has 0 aromatic heterocycles. The third-order valence-electron chi connectivity index (χ3n) is 1.61. The number of carbonyl (C=O) groups excluding carboxylic acids is 1. The van der Waals surface area contributed by atoms with Gasteiger partial charge in [0.2, 0.25) is 0 Å². The quantitative estimate of drug-likeness (QED) is 0.517. The number of ketones is 1. The molecule has 0 bridgehead atoms. The number of hydrogen-bond acceptors (Lipinski definition) is 2. The highest BCUT2D eigenvalue weighted by atomic mass is 16.5. The molecule has 0 amide bonds. The maximum Gasteiger partial charge on any atom is 0.163 e. The standard InChI is InChI=1S/C11H12O2/c1-13-8-7-11(12)9-10-5-3-2-4-6-10/h2-8H,9H2,1H3/b8-7+. The fraction of sp³-hybridized carbons (Fsp3) is 0.182. The van der Waals surface area contributed by atoms with E-state index < -0.39 is 0 Å². The summed E-state index contributed by atoms with van der Waals surface area (Å²) >= 11 is 0. The van der Waals surface area contributed by atoms with Crippen LogP contribution in [0.1, 0.15) is 5.56 Å². The predicted octanol–water partition coefficient (Wildman–Crippen LogP) is 1.96. The zero-order valence-corrected chi connectivity index (χ0v) is 7.57. The Kier molecular flexibility index (Phi) is 3.76. The first kappa shape index (κ1) is 9.52. The molecule has 68 valence electrons. The summed E-state index contributed by atoms with van der Waals surface area (Å²) in [5, 5.41) is 0. The van der Waals surface area contributed by atoms with E-state index in [0.29, 0.717) is 6.42 Å². The Bertz CT molecular complexity index is 288. The molecular weight excluding hydrogens is 164 g/mol. The van der Waals surface area contributed by atoms with Gasteiger partial charge in [0.1, 0.15) is 0 Å². The second kappa shape index (κ2) is 5.14. The molecular formula is C11H12O2. The Morgan fingerprint density at radius 1 is 1.38 bits per heavy atom. The summed E-state index contributed by atoms with van der Waals surface area (Å²) in [5.74, 6) is 0.0491. The van der Waals surface area contributed by atoms with Gasteiger partial charge in [0.25, 0.3) is 0 Å². The van der Waals surface area contributed by atoms with Gasteiger partial charge in [-0.3, -0.25) is 4.79 Å². The van der Waals surface area contributed by atoms with E-state index >= 15 is 0 Å². The van der Waals surface area contributed by atoms with E-state index in [1.54, 1.807) is 0 Å². The summed E-state index contributed by atoms with van der Waals surface area (Å²) in [6, 6.07) is 9.63. The summed E-state index contributed by atoms with van der Waals surface area (Å²) in [6.07, 6.45) is 3.26. The van der Waals surface area contributed by atoms with Gasteiger partial charge >= 0.3 is 0 Å². The van der Waals surface area contributed by atoms with Gasteiger partial charge in [-0.25, -0.2) is 0 Å². The molecule has 1 rings (SSSR count). The van der Waals surface area contributed by atoms with Crippen LogP contribution in [0.3, 0.4) is 0 Å². The van der Waals surface area contributed by atoms with Gasteiger partial charge in [-0.1, -0.05) is 30.3 Å². The van der Waals surface area contributed by atoms with Crippen LogP contribution in [-0.2, 0) is 16.0 Å². The number of allylic oxidation sites excluding steroid dienone is 1. The van der Waals surface area contributed by atoms with Gasteiger partial charge in [0.05, 0.1) is 13.4 Å². The molecule has 0 fully saturated rings. The van der Waals surface area contributed by atoms with Crippen molar-refractivity contribution in [2.24, 2.45) is 0 Å². The molecule has 0 atom stereocenters. The minimum atomic E-state index is 0.0491. The van der Waals surface area contributed by atoms with Crippen LogP contribution in [0.15, 0.2) is 42.7 Å². The van der Waals surface area contributed by atoms with Crippen molar-refractivity contribution in [3.05, 3.63) is 48.2 Å². The van der Waals surface area contributed by atoms with Crippen LogP contribution in [0.5, 0.6) is 0 Å². The highest BCUT2D eigenvalue weighted by Crippen LogP contribution is 2.00. The van der Waals surface area contributed by atoms with Crippen molar-refractivity contribution in [2.45, 2.75) is 6.42 Å². The van der Waals surface area contributed by atoms with Gasteiger partial charge in [-0.2, -0.15) is 0 Å². The van der Waals surface area contributed by atoms with Gasteiger partial charge < -0.3 is 4.74 Å². The van der Waals surface area contributed by atoms with Crippen molar-refractivity contribution in [3.63, 3.8) is 0 Å². The summed E-state index contributed by atoms with van der Waals surface area (Å²) in [5.41, 5.74) is 1.02. The molecule has 0 aliphatic heterocycles. The average Bonchev–Trinajstić information content (AvgIpc) is 2.16. The van der Waals surface area contributed by atoms with E-state index in [4.69, 9.17) is 0 Å². The highest BCUT2D eigenvalue weighted by Gasteiger charge is 1.97. The summed E-state index contributed by atoms with van der Waals surface area (Å²) in [7, 11) is 1.52. The highest BCUT2D eigenvalue weighted by molar-refractivity contribution is 5.91. The first-order valence-electron chi connectivity index (χ1n) is 4.09. The largest absolute Gasteiger partial charge is 0.504 e.